The maximum Gasteiger partial charge on any atom is 0.472 e. The number of hydrogen-bond donors (Lipinski definition) is 4. The normalized spacial score (nSPS) is 14.2. The van der Waals surface area contributed by atoms with Crippen LogP contribution in [0.25, 0.3) is 0 Å². The van der Waals surface area contributed by atoms with E-state index >= 15 is 0 Å². The van der Waals surface area contributed by atoms with Crippen molar-refractivity contribution in [1.82, 2.24) is 5.32 Å². The van der Waals surface area contributed by atoms with Crippen LogP contribution < -0.4 is 11.1 Å². The number of amides is 1. The average Bonchev–Trinajstić information content (AvgIpc) is 3.13. The molecule has 0 saturated carbocycles. The molecule has 310 valence electrons. The average molecular weight is 759 g/mol. The summed E-state index contributed by atoms with van der Waals surface area (Å²) < 4.78 is 22.1. The molecular formula is C43H87N2O6P. The van der Waals surface area contributed by atoms with E-state index in [2.05, 4.69) is 31.3 Å². The first-order chi connectivity index (χ1) is 25.4. The lowest BCUT2D eigenvalue weighted by Gasteiger charge is -2.25. The number of rotatable bonds is 42. The lowest BCUT2D eigenvalue weighted by molar-refractivity contribution is -0.123. The fourth-order valence-electron chi connectivity index (χ4n) is 6.72. The van der Waals surface area contributed by atoms with E-state index in [1.54, 1.807) is 0 Å². The van der Waals surface area contributed by atoms with E-state index < -0.39 is 20.0 Å². The van der Waals surface area contributed by atoms with E-state index in [-0.39, 0.29) is 25.7 Å². The molecule has 0 rings (SSSR count). The van der Waals surface area contributed by atoms with Crippen molar-refractivity contribution in [2.45, 2.75) is 238 Å². The summed E-state index contributed by atoms with van der Waals surface area (Å²) in [7, 11) is -4.31. The minimum atomic E-state index is -4.31. The van der Waals surface area contributed by atoms with E-state index in [1.807, 2.05) is 0 Å². The molecule has 0 aliphatic carbocycles. The van der Waals surface area contributed by atoms with Crippen molar-refractivity contribution < 1.29 is 28.4 Å². The summed E-state index contributed by atoms with van der Waals surface area (Å²) in [6.45, 7) is 4.20. The van der Waals surface area contributed by atoms with Gasteiger partial charge in [-0.3, -0.25) is 13.8 Å². The second-order valence-electron chi connectivity index (χ2n) is 15.3. The van der Waals surface area contributed by atoms with Crippen LogP contribution in [0.1, 0.15) is 226 Å². The predicted octanol–water partition coefficient (Wildman–Crippen LogP) is 12.4. The van der Waals surface area contributed by atoms with E-state index in [4.69, 9.17) is 14.8 Å². The monoisotopic (exact) mass is 759 g/mol. The summed E-state index contributed by atoms with van der Waals surface area (Å²) in [5.41, 5.74) is 5.37. The van der Waals surface area contributed by atoms with Crippen molar-refractivity contribution in [2.75, 3.05) is 19.8 Å². The number of carbonyl (C=O) groups is 1. The number of aliphatic hydroxyl groups is 1. The van der Waals surface area contributed by atoms with Crippen LogP contribution in [0.5, 0.6) is 0 Å². The Hall–Kier alpha value is -0.760. The van der Waals surface area contributed by atoms with Crippen LogP contribution in [0, 0.1) is 0 Å². The second kappa shape index (κ2) is 39.9. The van der Waals surface area contributed by atoms with Gasteiger partial charge >= 0.3 is 7.82 Å². The zero-order valence-electron chi connectivity index (χ0n) is 34.3. The molecule has 0 saturated heterocycles. The molecule has 0 aromatic carbocycles. The third-order valence-corrected chi connectivity index (χ3v) is 11.1. The first-order valence-corrected chi connectivity index (χ1v) is 23.8. The van der Waals surface area contributed by atoms with Crippen molar-refractivity contribution in [2.24, 2.45) is 5.73 Å². The van der Waals surface area contributed by atoms with Gasteiger partial charge < -0.3 is 21.1 Å². The van der Waals surface area contributed by atoms with Gasteiger partial charge in [-0.05, 0) is 38.5 Å². The molecule has 3 unspecified atom stereocenters. The van der Waals surface area contributed by atoms with Gasteiger partial charge in [0.1, 0.15) is 0 Å². The molecule has 8 nitrogen and oxygen atoms in total. The van der Waals surface area contributed by atoms with Gasteiger partial charge in [0, 0.05) is 13.0 Å². The van der Waals surface area contributed by atoms with Crippen molar-refractivity contribution in [1.29, 1.82) is 0 Å². The molecular weight excluding hydrogens is 671 g/mol. The molecule has 0 aliphatic rings. The Morgan fingerprint density at radius 1 is 0.615 bits per heavy atom. The van der Waals surface area contributed by atoms with Gasteiger partial charge in [0.15, 0.2) is 0 Å². The van der Waals surface area contributed by atoms with Crippen molar-refractivity contribution >= 4 is 13.7 Å². The number of aliphatic hydroxyl groups excluding tert-OH is 1. The minimum Gasteiger partial charge on any atom is -0.391 e. The second-order valence-corrected chi connectivity index (χ2v) is 16.7. The molecule has 0 spiro atoms. The zero-order valence-corrected chi connectivity index (χ0v) is 35.2. The molecule has 0 aliphatic heterocycles. The van der Waals surface area contributed by atoms with Gasteiger partial charge in [0.25, 0.3) is 0 Å². The van der Waals surface area contributed by atoms with Crippen LogP contribution in [0.15, 0.2) is 12.2 Å². The van der Waals surface area contributed by atoms with Crippen molar-refractivity contribution in [3.05, 3.63) is 12.2 Å². The molecule has 5 N–H and O–H groups in total. The molecule has 0 heterocycles. The number of phosphoric acid groups is 1. The Morgan fingerprint density at radius 3 is 1.42 bits per heavy atom. The number of unbranched alkanes of at least 4 members (excludes halogenated alkanes) is 28. The molecule has 0 aromatic heterocycles. The summed E-state index contributed by atoms with van der Waals surface area (Å²) in [5, 5.41) is 13.7. The molecule has 3 atom stereocenters. The molecule has 0 fully saturated rings. The molecule has 0 bridgehead atoms. The fraction of sp³-hybridized carbons (Fsp3) is 0.930. The number of nitrogens with two attached hydrogens (primary N) is 1. The third-order valence-electron chi connectivity index (χ3n) is 10.1. The Bertz CT molecular complexity index is 829. The van der Waals surface area contributed by atoms with E-state index in [1.165, 1.54) is 161 Å². The number of hydrogen-bond acceptors (Lipinski definition) is 6. The lowest BCUT2D eigenvalue weighted by atomic mass is 10.0. The third kappa shape index (κ3) is 37.6. The fourth-order valence-corrected chi connectivity index (χ4v) is 7.48. The summed E-state index contributed by atoms with van der Waals surface area (Å²) >= 11 is 0. The van der Waals surface area contributed by atoms with Gasteiger partial charge in [0.2, 0.25) is 5.91 Å². The van der Waals surface area contributed by atoms with E-state index in [0.717, 1.165) is 38.5 Å². The topological polar surface area (TPSA) is 131 Å². The Morgan fingerprint density at radius 2 is 1.00 bits per heavy atom. The van der Waals surface area contributed by atoms with Crippen LogP contribution >= 0.6 is 7.82 Å². The summed E-state index contributed by atoms with van der Waals surface area (Å²) in [5.74, 6) is -0.162. The van der Waals surface area contributed by atoms with Crippen LogP contribution in [0.2, 0.25) is 0 Å². The maximum atomic E-state index is 12.8. The van der Waals surface area contributed by atoms with Crippen molar-refractivity contribution in [3.63, 3.8) is 0 Å². The standard InChI is InChI=1S/C43H87N2O6P/c1-3-5-7-9-11-13-15-16-17-18-19-20-21-22-23-24-25-26-27-29-31-33-35-37-43(47)45-41(40-51-52(48,49)50-39-38-44)42(46)36-34-32-30-28-14-12-10-8-6-4-2/h18-19,41-42,46H,3-17,20-40,44H2,1-2H3,(H,45,47)(H,48,49)/b19-18-. The number of allylic oxidation sites excluding steroid dienone is 2. The van der Waals surface area contributed by atoms with Crippen molar-refractivity contribution in [3.8, 4) is 0 Å². The molecule has 0 radical (unpaired) electrons. The minimum absolute atomic E-state index is 0.0905. The maximum absolute atomic E-state index is 12.8. The Kier molecular flexibility index (Phi) is 39.3. The summed E-state index contributed by atoms with van der Waals surface area (Å²) in [4.78, 5) is 22.7. The first kappa shape index (κ1) is 51.2. The first-order valence-electron chi connectivity index (χ1n) is 22.3. The predicted molar refractivity (Wildman–Crippen MR) is 222 cm³/mol. The van der Waals surface area contributed by atoms with Crippen LogP contribution in [-0.2, 0) is 18.4 Å². The quantitative estimate of drug-likeness (QED) is 0.0277. The van der Waals surface area contributed by atoms with Gasteiger partial charge in [-0.25, -0.2) is 4.57 Å². The van der Waals surface area contributed by atoms with Crippen LogP contribution in [0.3, 0.4) is 0 Å². The highest BCUT2D eigenvalue weighted by Gasteiger charge is 2.27. The molecule has 52 heavy (non-hydrogen) atoms. The highest BCUT2D eigenvalue weighted by atomic mass is 31.2. The van der Waals surface area contributed by atoms with Crippen LogP contribution in [-0.4, -0.2) is 47.8 Å². The Labute approximate surface area is 322 Å². The number of phosphoric ester groups is 1. The largest absolute Gasteiger partial charge is 0.472 e. The van der Waals surface area contributed by atoms with Gasteiger partial charge in [-0.1, -0.05) is 193 Å². The van der Waals surface area contributed by atoms with Gasteiger partial charge in [-0.2, -0.15) is 0 Å². The van der Waals surface area contributed by atoms with Crippen LogP contribution in [0.4, 0.5) is 0 Å². The van der Waals surface area contributed by atoms with E-state index in [0.29, 0.717) is 12.8 Å². The van der Waals surface area contributed by atoms with Gasteiger partial charge in [-0.15, -0.1) is 0 Å². The molecule has 1 amide bonds. The van der Waals surface area contributed by atoms with E-state index in [9.17, 15) is 19.4 Å². The lowest BCUT2D eigenvalue weighted by Crippen LogP contribution is -2.46. The zero-order chi connectivity index (χ0) is 38.2. The SMILES string of the molecule is CCCCCCCCCC/C=C\CCCCCCCCCCCCCC(=O)NC(COP(=O)(O)OCCN)C(O)CCCCCCCCCCCC. The molecule has 0 aromatic rings. The number of nitrogens with one attached hydrogen (secondary N) is 1. The van der Waals surface area contributed by atoms with Gasteiger partial charge in [0.05, 0.1) is 25.4 Å². The highest BCUT2D eigenvalue weighted by Crippen LogP contribution is 2.43. The number of carbonyl (C=O) groups excluding carboxylic acids is 1. The Balaban J connectivity index is 3.99. The summed E-state index contributed by atoms with van der Waals surface area (Å²) in [6, 6.07) is -0.769. The molecule has 9 heteroatoms. The highest BCUT2D eigenvalue weighted by molar-refractivity contribution is 7.47. The summed E-state index contributed by atoms with van der Waals surface area (Å²) in [6.07, 6.45) is 43.7. The smallest absolute Gasteiger partial charge is 0.391 e.